The van der Waals surface area contributed by atoms with E-state index in [2.05, 4.69) is 15.0 Å². The Morgan fingerprint density at radius 3 is 2.64 bits per heavy atom. The highest BCUT2D eigenvalue weighted by Gasteiger charge is 2.35. The zero-order chi connectivity index (χ0) is 24.3. The topological polar surface area (TPSA) is 112 Å². The largest absolute Gasteiger partial charge is 0.456 e. The molecule has 6 N–H and O–H groups in total. The van der Waals surface area contributed by atoms with E-state index in [0.29, 0.717) is 0 Å². The minimum Gasteiger partial charge on any atom is -0.456 e. The number of aromatic nitrogens is 1. The molecule has 1 aromatic heterocycles. The summed E-state index contributed by atoms with van der Waals surface area (Å²) in [6.45, 7) is 1.37. The molecule has 0 saturated heterocycles. The van der Waals surface area contributed by atoms with Crippen LogP contribution in [0.25, 0.3) is 0 Å². The third-order valence-electron chi connectivity index (χ3n) is 4.45. The molecule has 3 rings (SSSR count). The first kappa shape index (κ1) is 25.0. The number of hydrogen-bond donors (Lipinski definition) is 5. The molecule has 178 valence electrons. The lowest BCUT2D eigenvalue weighted by Crippen LogP contribution is -2.39. The fourth-order valence-corrected chi connectivity index (χ4v) is 3.87. The number of H-pyrrole nitrogens is 1. The Morgan fingerprint density at radius 1 is 1.27 bits per heavy atom. The molecule has 3 aromatic rings. The van der Waals surface area contributed by atoms with Crippen LogP contribution in [0.15, 0.2) is 41.2 Å². The Morgan fingerprint density at radius 2 is 2.00 bits per heavy atom. The molecule has 0 radical (unpaired) electrons. The van der Waals surface area contributed by atoms with Crippen molar-refractivity contribution in [3.8, 4) is 11.5 Å². The number of aliphatic hydroxyl groups is 1. The minimum atomic E-state index is -4.78. The maximum Gasteiger partial charge on any atom is 0.418 e. The monoisotopic (exact) mass is 506 g/mol. The van der Waals surface area contributed by atoms with Crippen molar-refractivity contribution >= 4 is 33.8 Å². The van der Waals surface area contributed by atoms with Crippen molar-refractivity contribution in [1.29, 1.82) is 0 Å². The van der Waals surface area contributed by atoms with Gasteiger partial charge in [0.15, 0.2) is 0 Å². The molecule has 0 fully saturated rings. The van der Waals surface area contributed by atoms with Crippen LogP contribution in [0.1, 0.15) is 24.2 Å². The first-order valence-corrected chi connectivity index (χ1v) is 10.6. The van der Waals surface area contributed by atoms with Gasteiger partial charge in [0, 0.05) is 6.04 Å². The van der Waals surface area contributed by atoms with Gasteiger partial charge in [-0.3, -0.25) is 14.5 Å². The summed E-state index contributed by atoms with van der Waals surface area (Å²) in [4.78, 5) is 12.2. The fraction of sp³-hybridized carbons (Fsp3) is 0.250. The van der Waals surface area contributed by atoms with Crippen LogP contribution in [0.3, 0.4) is 0 Å². The summed E-state index contributed by atoms with van der Waals surface area (Å²) in [6, 6.07) is 5.92. The van der Waals surface area contributed by atoms with Crippen LogP contribution in [0.2, 0.25) is 5.02 Å². The lowest BCUT2D eigenvalue weighted by Gasteiger charge is -2.19. The van der Waals surface area contributed by atoms with Gasteiger partial charge in [0.1, 0.15) is 22.3 Å². The Kier molecular flexibility index (Phi) is 7.65. The Bertz CT molecular complexity index is 1180. The van der Waals surface area contributed by atoms with E-state index in [1.165, 1.54) is 12.1 Å². The van der Waals surface area contributed by atoms with Crippen LogP contribution >= 0.6 is 23.1 Å². The van der Waals surface area contributed by atoms with Gasteiger partial charge in [0.25, 0.3) is 5.56 Å². The standard InChI is InChI=1S/C20H19ClF4N4O3S/c1-9(8-30)27-17(26)16-18(31)29-33-19(16)28-14-4-3-11(7-12(14)20(23,24)25)32-15-5-2-10(22)6-13(15)21/h2-7,9,17,27-28,30H,8,26H2,1H3,(H,29,31). The van der Waals surface area contributed by atoms with Crippen molar-refractivity contribution in [3.63, 3.8) is 0 Å². The number of hydrogen-bond acceptors (Lipinski definition) is 7. The van der Waals surface area contributed by atoms with Crippen molar-refractivity contribution in [2.75, 3.05) is 11.9 Å². The van der Waals surface area contributed by atoms with Crippen molar-refractivity contribution in [2.24, 2.45) is 5.73 Å². The molecule has 2 aromatic carbocycles. The van der Waals surface area contributed by atoms with Crippen LogP contribution in [0, 0.1) is 5.82 Å². The van der Waals surface area contributed by atoms with Crippen LogP contribution in [-0.2, 0) is 6.18 Å². The maximum absolute atomic E-state index is 13.8. The summed E-state index contributed by atoms with van der Waals surface area (Å²) in [6.07, 6.45) is -5.82. The summed E-state index contributed by atoms with van der Waals surface area (Å²) >= 11 is 6.66. The number of ether oxygens (including phenoxy) is 1. The summed E-state index contributed by atoms with van der Waals surface area (Å²) in [5.41, 5.74) is 3.97. The number of halogens is 5. The highest BCUT2D eigenvalue weighted by atomic mass is 35.5. The lowest BCUT2D eigenvalue weighted by molar-refractivity contribution is -0.137. The second kappa shape index (κ2) is 10.1. The number of benzene rings is 2. The van der Waals surface area contributed by atoms with Crippen LogP contribution in [0.5, 0.6) is 11.5 Å². The molecule has 0 spiro atoms. The molecule has 33 heavy (non-hydrogen) atoms. The van der Waals surface area contributed by atoms with Gasteiger partial charge in [-0.15, -0.1) is 0 Å². The summed E-state index contributed by atoms with van der Waals surface area (Å²) < 4.78 is 62.4. The van der Waals surface area contributed by atoms with Crippen molar-refractivity contribution in [3.05, 3.63) is 68.7 Å². The molecular formula is C20H19ClF4N4O3S. The average molecular weight is 507 g/mol. The quantitative estimate of drug-likeness (QED) is 0.223. The summed E-state index contributed by atoms with van der Waals surface area (Å²) in [5, 5.41) is 14.5. The normalized spacial score (nSPS) is 13.6. The van der Waals surface area contributed by atoms with E-state index in [4.69, 9.17) is 27.2 Å². The van der Waals surface area contributed by atoms with Gasteiger partial charge in [0.2, 0.25) is 0 Å². The van der Waals surface area contributed by atoms with Gasteiger partial charge in [-0.25, -0.2) is 4.39 Å². The molecule has 2 atom stereocenters. The van der Waals surface area contributed by atoms with Gasteiger partial charge < -0.3 is 20.9 Å². The Balaban J connectivity index is 1.94. The first-order chi connectivity index (χ1) is 15.5. The third kappa shape index (κ3) is 6.03. The smallest absolute Gasteiger partial charge is 0.418 e. The molecule has 1 heterocycles. The van der Waals surface area contributed by atoms with E-state index in [9.17, 15) is 22.4 Å². The summed E-state index contributed by atoms with van der Waals surface area (Å²) in [7, 11) is 0. The summed E-state index contributed by atoms with van der Waals surface area (Å²) in [5.74, 6) is -0.822. The van der Waals surface area contributed by atoms with Gasteiger partial charge in [-0.2, -0.15) is 13.2 Å². The first-order valence-electron chi connectivity index (χ1n) is 9.44. The molecular weight excluding hydrogens is 488 g/mol. The Labute approximate surface area is 194 Å². The molecule has 7 nitrogen and oxygen atoms in total. The average Bonchev–Trinajstić information content (AvgIpc) is 3.10. The predicted octanol–water partition coefficient (Wildman–Crippen LogP) is 4.71. The number of nitrogens with one attached hydrogen (secondary N) is 3. The second-order valence-electron chi connectivity index (χ2n) is 7.01. The molecule has 0 aliphatic heterocycles. The van der Waals surface area contributed by atoms with E-state index in [1.807, 2.05) is 0 Å². The number of aliphatic hydroxyl groups excluding tert-OH is 1. The van der Waals surface area contributed by atoms with Gasteiger partial charge in [-0.1, -0.05) is 11.6 Å². The van der Waals surface area contributed by atoms with E-state index < -0.39 is 35.3 Å². The molecule has 2 unspecified atom stereocenters. The Hall–Kier alpha value is -2.64. The minimum absolute atomic E-state index is 0.00755. The number of nitrogens with two attached hydrogens (primary N) is 1. The number of rotatable bonds is 8. The van der Waals surface area contributed by atoms with Crippen LogP contribution in [-0.4, -0.2) is 22.1 Å². The fourth-order valence-electron chi connectivity index (χ4n) is 2.87. The number of aromatic amines is 1. The zero-order valence-corrected chi connectivity index (χ0v) is 18.5. The van der Waals surface area contributed by atoms with Crippen molar-refractivity contribution in [2.45, 2.75) is 25.3 Å². The van der Waals surface area contributed by atoms with E-state index in [0.717, 1.165) is 35.8 Å². The number of anilines is 2. The van der Waals surface area contributed by atoms with Crippen LogP contribution in [0.4, 0.5) is 28.3 Å². The zero-order valence-electron chi connectivity index (χ0n) is 17.0. The second-order valence-corrected chi connectivity index (χ2v) is 8.23. The van der Waals surface area contributed by atoms with Crippen molar-refractivity contribution < 1.29 is 27.4 Å². The lowest BCUT2D eigenvalue weighted by atomic mass is 10.1. The molecule has 0 aliphatic carbocycles. The van der Waals surface area contributed by atoms with Gasteiger partial charge in [0.05, 0.1) is 34.6 Å². The maximum atomic E-state index is 13.8. The highest BCUT2D eigenvalue weighted by Crippen LogP contribution is 2.40. The number of alkyl halides is 3. The van der Waals surface area contributed by atoms with Crippen LogP contribution < -0.4 is 26.7 Å². The SMILES string of the molecule is CC(CO)NC(N)c1c(Nc2ccc(Oc3ccc(F)cc3Cl)cc2C(F)(F)F)s[nH]c1=O. The molecule has 0 aliphatic rings. The van der Waals surface area contributed by atoms with Crippen molar-refractivity contribution in [1.82, 2.24) is 9.69 Å². The molecule has 0 saturated carbocycles. The van der Waals surface area contributed by atoms with Gasteiger partial charge in [-0.05, 0) is 54.9 Å². The molecule has 0 bridgehead atoms. The van der Waals surface area contributed by atoms with Gasteiger partial charge >= 0.3 is 6.18 Å². The van der Waals surface area contributed by atoms with E-state index >= 15 is 0 Å². The van der Waals surface area contributed by atoms with E-state index in [1.54, 1.807) is 6.92 Å². The highest BCUT2D eigenvalue weighted by molar-refractivity contribution is 7.10. The predicted molar refractivity (Wildman–Crippen MR) is 118 cm³/mol. The molecule has 0 amide bonds. The van der Waals surface area contributed by atoms with E-state index in [-0.39, 0.29) is 39.4 Å². The molecule has 13 heteroatoms. The third-order valence-corrected chi connectivity index (χ3v) is 5.56.